The zero-order chi connectivity index (χ0) is 17.9. The number of sulfonamides is 1. The van der Waals surface area contributed by atoms with Crippen molar-refractivity contribution < 1.29 is 13.2 Å². The molecule has 0 N–H and O–H groups in total. The molecule has 132 valence electrons. The highest BCUT2D eigenvalue weighted by Gasteiger charge is 2.30. The second kappa shape index (κ2) is 7.49. The van der Waals surface area contributed by atoms with Crippen molar-refractivity contribution in [1.82, 2.24) is 9.21 Å². The Morgan fingerprint density at radius 1 is 1.12 bits per heavy atom. The smallest absolute Gasteiger partial charge is 0.249 e. The van der Waals surface area contributed by atoms with E-state index in [1.165, 1.54) is 4.31 Å². The van der Waals surface area contributed by atoms with Gasteiger partial charge in [-0.2, -0.15) is 4.31 Å². The van der Waals surface area contributed by atoms with Gasteiger partial charge in [-0.25, -0.2) is 8.42 Å². The van der Waals surface area contributed by atoms with Gasteiger partial charge < -0.3 is 4.90 Å². The van der Waals surface area contributed by atoms with E-state index in [0.717, 1.165) is 23.1 Å². The molecule has 1 aliphatic heterocycles. The molecular weight excluding hydrogens is 324 g/mol. The summed E-state index contributed by atoms with van der Waals surface area (Å²) in [6, 6.07) is 5.21. The quantitative estimate of drug-likeness (QED) is 0.784. The van der Waals surface area contributed by atoms with Gasteiger partial charge in [-0.05, 0) is 50.5 Å². The number of benzene rings is 1. The van der Waals surface area contributed by atoms with E-state index in [0.29, 0.717) is 31.1 Å². The second-order valence-electron chi connectivity index (χ2n) is 6.24. The number of allylic oxidation sites excluding steroid dienone is 1. The summed E-state index contributed by atoms with van der Waals surface area (Å²) in [6.07, 6.45) is 2.72. The lowest BCUT2D eigenvalue weighted by molar-refractivity contribution is -0.128. The van der Waals surface area contributed by atoms with Crippen LogP contribution >= 0.6 is 0 Å². The molecule has 0 radical (unpaired) electrons. The third-order valence-corrected chi connectivity index (χ3v) is 6.38. The van der Waals surface area contributed by atoms with Crippen molar-refractivity contribution >= 4 is 15.9 Å². The molecule has 6 heteroatoms. The minimum absolute atomic E-state index is 0.0000725. The maximum Gasteiger partial charge on any atom is 0.249 e. The number of piperazine rings is 1. The number of carbonyl (C=O) groups is 1. The molecule has 1 aromatic rings. The molecule has 1 aliphatic rings. The first-order valence-corrected chi connectivity index (χ1v) is 9.74. The first-order valence-electron chi connectivity index (χ1n) is 8.30. The molecule has 0 bridgehead atoms. The minimum atomic E-state index is -3.50. The summed E-state index contributed by atoms with van der Waals surface area (Å²) in [4.78, 5) is 14.3. The van der Waals surface area contributed by atoms with Gasteiger partial charge in [-0.1, -0.05) is 19.1 Å². The van der Waals surface area contributed by atoms with E-state index in [2.05, 4.69) is 0 Å². The fourth-order valence-corrected chi connectivity index (χ4v) is 4.31. The van der Waals surface area contributed by atoms with Crippen LogP contribution < -0.4 is 0 Å². The Bertz CT molecular complexity index is 746. The molecule has 1 aromatic carbocycles. The van der Waals surface area contributed by atoms with E-state index < -0.39 is 10.0 Å². The Morgan fingerprint density at radius 3 is 2.29 bits per heavy atom. The molecule has 0 aromatic heterocycles. The fourth-order valence-electron chi connectivity index (χ4n) is 2.80. The number of hydrogen-bond donors (Lipinski definition) is 0. The van der Waals surface area contributed by atoms with Crippen molar-refractivity contribution in [2.75, 3.05) is 26.2 Å². The number of hydrogen-bond acceptors (Lipinski definition) is 3. The summed E-state index contributed by atoms with van der Waals surface area (Å²) in [5.74, 6) is 0.0000725. The van der Waals surface area contributed by atoms with Crippen LogP contribution in [0.15, 0.2) is 34.7 Å². The van der Waals surface area contributed by atoms with Crippen LogP contribution in [0.25, 0.3) is 0 Å². The number of nitrogens with zero attached hydrogens (tertiary/aromatic N) is 2. The third kappa shape index (κ3) is 3.87. The van der Waals surface area contributed by atoms with Crippen LogP contribution in [0.4, 0.5) is 0 Å². The van der Waals surface area contributed by atoms with Gasteiger partial charge in [0.05, 0.1) is 4.90 Å². The van der Waals surface area contributed by atoms with Gasteiger partial charge >= 0.3 is 0 Å². The molecular formula is C18H26N2O3S. The van der Waals surface area contributed by atoms with E-state index >= 15 is 0 Å². The topological polar surface area (TPSA) is 57.7 Å². The SMILES string of the molecule is CCC=C(C)C(=O)N1CCN(S(=O)(=O)c2ccc(C)c(C)c2)CC1. The lowest BCUT2D eigenvalue weighted by Gasteiger charge is -2.34. The van der Waals surface area contributed by atoms with Gasteiger partial charge in [0.15, 0.2) is 0 Å². The van der Waals surface area contributed by atoms with Gasteiger partial charge in [0.25, 0.3) is 0 Å². The summed E-state index contributed by atoms with van der Waals surface area (Å²) in [6.45, 7) is 9.20. The molecule has 0 unspecified atom stereocenters. The number of rotatable bonds is 4. The van der Waals surface area contributed by atoms with Crippen molar-refractivity contribution in [1.29, 1.82) is 0 Å². The van der Waals surface area contributed by atoms with Crippen molar-refractivity contribution in [3.05, 3.63) is 41.0 Å². The average molecular weight is 350 g/mol. The predicted molar refractivity (Wildman–Crippen MR) is 95.3 cm³/mol. The molecule has 2 rings (SSSR count). The monoisotopic (exact) mass is 350 g/mol. The van der Waals surface area contributed by atoms with Crippen molar-refractivity contribution in [3.63, 3.8) is 0 Å². The molecule has 1 heterocycles. The van der Waals surface area contributed by atoms with Crippen molar-refractivity contribution in [2.24, 2.45) is 0 Å². The predicted octanol–water partition coefficient (Wildman–Crippen LogP) is 2.49. The van der Waals surface area contributed by atoms with Gasteiger partial charge in [0, 0.05) is 31.8 Å². The summed E-state index contributed by atoms with van der Waals surface area (Å²) in [5, 5.41) is 0. The molecule has 0 aliphatic carbocycles. The first-order chi connectivity index (χ1) is 11.3. The third-order valence-electron chi connectivity index (χ3n) is 4.49. The molecule has 0 atom stereocenters. The van der Waals surface area contributed by atoms with Crippen LogP contribution in [-0.2, 0) is 14.8 Å². The van der Waals surface area contributed by atoms with Gasteiger partial charge in [0.2, 0.25) is 15.9 Å². The first kappa shape index (κ1) is 18.7. The summed E-state index contributed by atoms with van der Waals surface area (Å²) < 4.78 is 27.0. The van der Waals surface area contributed by atoms with Crippen LogP contribution in [-0.4, -0.2) is 49.7 Å². The Kier molecular flexibility index (Phi) is 5.83. The Morgan fingerprint density at radius 2 is 1.75 bits per heavy atom. The van der Waals surface area contributed by atoms with Gasteiger partial charge in [-0.3, -0.25) is 4.79 Å². The summed E-state index contributed by atoms with van der Waals surface area (Å²) in [5.41, 5.74) is 2.76. The standard InChI is InChI=1S/C18H26N2O3S/c1-5-6-15(3)18(21)19-9-11-20(12-10-19)24(22,23)17-8-7-14(2)16(4)13-17/h6-8,13H,5,9-12H2,1-4H3. The van der Waals surface area contributed by atoms with Crippen molar-refractivity contribution in [3.8, 4) is 0 Å². The zero-order valence-electron chi connectivity index (χ0n) is 14.9. The van der Waals surface area contributed by atoms with Crippen molar-refractivity contribution in [2.45, 2.75) is 39.0 Å². The Hall–Kier alpha value is -1.66. The molecule has 0 saturated carbocycles. The largest absolute Gasteiger partial charge is 0.336 e. The number of carbonyl (C=O) groups excluding carboxylic acids is 1. The van der Waals surface area contributed by atoms with E-state index in [1.54, 1.807) is 17.0 Å². The maximum atomic E-state index is 12.8. The van der Waals surface area contributed by atoms with E-state index in [4.69, 9.17) is 0 Å². The van der Waals surface area contributed by atoms with E-state index in [9.17, 15) is 13.2 Å². The Labute approximate surface area is 145 Å². The molecule has 1 saturated heterocycles. The number of aryl methyl sites for hydroxylation is 2. The Balaban J connectivity index is 2.09. The lowest BCUT2D eigenvalue weighted by atomic mass is 10.1. The van der Waals surface area contributed by atoms with E-state index in [1.807, 2.05) is 39.8 Å². The highest BCUT2D eigenvalue weighted by atomic mass is 32.2. The highest BCUT2D eigenvalue weighted by Crippen LogP contribution is 2.21. The summed E-state index contributed by atoms with van der Waals surface area (Å²) in [7, 11) is -3.50. The molecule has 24 heavy (non-hydrogen) atoms. The van der Waals surface area contributed by atoms with Crippen LogP contribution in [0.2, 0.25) is 0 Å². The highest BCUT2D eigenvalue weighted by molar-refractivity contribution is 7.89. The molecule has 1 amide bonds. The maximum absolute atomic E-state index is 12.8. The van der Waals surface area contributed by atoms with Crippen LogP contribution in [0.5, 0.6) is 0 Å². The van der Waals surface area contributed by atoms with Gasteiger partial charge in [-0.15, -0.1) is 0 Å². The normalized spacial score (nSPS) is 17.2. The molecule has 1 fully saturated rings. The van der Waals surface area contributed by atoms with Gasteiger partial charge in [0.1, 0.15) is 0 Å². The van der Waals surface area contributed by atoms with Crippen LogP contribution in [0.1, 0.15) is 31.4 Å². The molecule has 5 nitrogen and oxygen atoms in total. The zero-order valence-corrected chi connectivity index (χ0v) is 15.7. The fraction of sp³-hybridized carbons (Fsp3) is 0.500. The summed E-state index contributed by atoms with van der Waals surface area (Å²) >= 11 is 0. The lowest BCUT2D eigenvalue weighted by Crippen LogP contribution is -2.50. The number of amides is 1. The van der Waals surface area contributed by atoms with Crippen LogP contribution in [0.3, 0.4) is 0 Å². The minimum Gasteiger partial charge on any atom is -0.336 e. The second-order valence-corrected chi connectivity index (χ2v) is 8.18. The molecule has 0 spiro atoms. The average Bonchev–Trinajstić information content (AvgIpc) is 2.57. The van der Waals surface area contributed by atoms with E-state index in [-0.39, 0.29) is 5.91 Å². The van der Waals surface area contributed by atoms with Crippen LogP contribution in [0, 0.1) is 13.8 Å².